The van der Waals surface area contributed by atoms with Crippen LogP contribution >= 0.6 is 0 Å². The molecule has 21 heavy (non-hydrogen) atoms. The molecule has 0 spiro atoms. The highest BCUT2D eigenvalue weighted by molar-refractivity contribution is 6.11. The van der Waals surface area contributed by atoms with E-state index >= 15 is 0 Å². The average Bonchev–Trinajstić information content (AvgIpc) is 2.50. The Kier molecular flexibility index (Phi) is 4.60. The molecule has 0 radical (unpaired) electrons. The molecule has 1 heterocycles. The van der Waals surface area contributed by atoms with Crippen molar-refractivity contribution in [2.45, 2.75) is 46.3 Å². The summed E-state index contributed by atoms with van der Waals surface area (Å²) in [6.45, 7) is 7.45. The van der Waals surface area contributed by atoms with Crippen molar-refractivity contribution in [2.24, 2.45) is 5.92 Å². The predicted molar refractivity (Wildman–Crippen MR) is 71.4 cm³/mol. The Hall–Kier alpha value is -2.12. The van der Waals surface area contributed by atoms with Gasteiger partial charge < -0.3 is 9.84 Å². The maximum atomic E-state index is 12.2. The zero-order valence-corrected chi connectivity index (χ0v) is 12.7. The van der Waals surface area contributed by atoms with Gasteiger partial charge in [-0.25, -0.2) is 14.5 Å². The lowest BCUT2D eigenvalue weighted by Gasteiger charge is -2.26. The van der Waals surface area contributed by atoms with Crippen LogP contribution in [0.25, 0.3) is 0 Å². The first-order valence-electron chi connectivity index (χ1n) is 6.55. The Morgan fingerprint density at radius 3 is 2.19 bits per heavy atom. The molecule has 0 saturated carbocycles. The number of urea groups is 1. The SMILES string of the molecule is CC(C)[C@H]1C(=O)N(CC(=O)O)C(=O)N1C(=O)OC(C)(C)C. The van der Waals surface area contributed by atoms with E-state index in [4.69, 9.17) is 9.84 Å². The van der Waals surface area contributed by atoms with Crippen LogP contribution in [0.4, 0.5) is 9.59 Å². The first kappa shape index (κ1) is 16.9. The van der Waals surface area contributed by atoms with Crippen molar-refractivity contribution < 1.29 is 29.0 Å². The second kappa shape index (κ2) is 5.71. The number of carbonyl (C=O) groups excluding carboxylic acids is 3. The summed E-state index contributed by atoms with van der Waals surface area (Å²) in [5.41, 5.74) is -0.831. The lowest BCUT2D eigenvalue weighted by atomic mass is 10.0. The van der Waals surface area contributed by atoms with Crippen LogP contribution in [0.15, 0.2) is 0 Å². The minimum atomic E-state index is -1.33. The number of carboxylic acid groups (broad SMARTS) is 1. The van der Waals surface area contributed by atoms with Crippen molar-refractivity contribution in [1.29, 1.82) is 0 Å². The van der Waals surface area contributed by atoms with Gasteiger partial charge in [-0.05, 0) is 26.7 Å². The molecule has 0 aromatic rings. The highest BCUT2D eigenvalue weighted by atomic mass is 16.6. The molecule has 1 aliphatic rings. The highest BCUT2D eigenvalue weighted by Gasteiger charge is 2.51. The fraction of sp³-hybridized carbons (Fsp3) is 0.692. The monoisotopic (exact) mass is 300 g/mol. The standard InChI is InChI=1S/C13H20N2O6/c1-7(2)9-10(18)14(6-8(16)17)11(19)15(9)12(20)21-13(3,4)5/h7,9H,6H2,1-5H3,(H,16,17)/t9-/m0/s1. The van der Waals surface area contributed by atoms with Crippen LogP contribution in [0.1, 0.15) is 34.6 Å². The summed E-state index contributed by atoms with van der Waals surface area (Å²) in [7, 11) is 0. The van der Waals surface area contributed by atoms with Crippen LogP contribution in [-0.2, 0) is 14.3 Å². The molecule has 0 aliphatic carbocycles. The third-order valence-electron chi connectivity index (χ3n) is 2.75. The summed E-state index contributed by atoms with van der Waals surface area (Å²) in [4.78, 5) is 48.4. The quantitative estimate of drug-likeness (QED) is 0.788. The molecule has 118 valence electrons. The van der Waals surface area contributed by atoms with Crippen molar-refractivity contribution in [3.63, 3.8) is 0 Å². The van der Waals surface area contributed by atoms with Gasteiger partial charge in [0.05, 0.1) is 0 Å². The maximum absolute atomic E-state index is 12.2. The molecule has 4 amide bonds. The van der Waals surface area contributed by atoms with Gasteiger partial charge in [-0.3, -0.25) is 14.5 Å². The summed E-state index contributed by atoms with van der Waals surface area (Å²) in [5, 5.41) is 8.76. The van der Waals surface area contributed by atoms with Gasteiger partial charge in [0.25, 0.3) is 5.91 Å². The normalized spacial score (nSPS) is 19.4. The largest absolute Gasteiger partial charge is 0.480 e. The molecule has 0 unspecified atom stereocenters. The number of carboxylic acids is 1. The van der Waals surface area contributed by atoms with E-state index in [9.17, 15) is 19.2 Å². The van der Waals surface area contributed by atoms with Gasteiger partial charge >= 0.3 is 18.1 Å². The predicted octanol–water partition coefficient (Wildman–Crippen LogP) is 1.29. The molecular formula is C13H20N2O6. The summed E-state index contributed by atoms with van der Waals surface area (Å²) in [6.07, 6.45) is -0.951. The molecule has 0 aromatic heterocycles. The van der Waals surface area contributed by atoms with Crippen LogP contribution in [0.2, 0.25) is 0 Å². The maximum Gasteiger partial charge on any atom is 0.419 e. The third-order valence-corrected chi connectivity index (χ3v) is 2.75. The minimum absolute atomic E-state index is 0.354. The summed E-state index contributed by atoms with van der Waals surface area (Å²) < 4.78 is 5.11. The topological polar surface area (TPSA) is 104 Å². The molecule has 0 bridgehead atoms. The molecule has 1 aliphatic heterocycles. The number of imide groups is 2. The number of amides is 4. The second-order valence-electron chi connectivity index (χ2n) is 6.14. The molecule has 1 fully saturated rings. The Morgan fingerprint density at radius 1 is 1.29 bits per heavy atom. The summed E-state index contributed by atoms with van der Waals surface area (Å²) >= 11 is 0. The van der Waals surface area contributed by atoms with Crippen LogP contribution in [0.3, 0.4) is 0 Å². The first-order chi connectivity index (χ1) is 9.45. The van der Waals surface area contributed by atoms with Gasteiger partial charge in [-0.1, -0.05) is 13.8 Å². The fourth-order valence-electron chi connectivity index (χ4n) is 1.98. The number of nitrogens with zero attached hydrogens (tertiary/aromatic N) is 2. The zero-order valence-electron chi connectivity index (χ0n) is 12.7. The van der Waals surface area contributed by atoms with Crippen LogP contribution in [-0.4, -0.2) is 57.1 Å². The van der Waals surface area contributed by atoms with E-state index in [0.717, 1.165) is 0 Å². The van der Waals surface area contributed by atoms with Crippen molar-refractivity contribution in [2.75, 3.05) is 6.54 Å². The minimum Gasteiger partial charge on any atom is -0.480 e. The molecule has 8 nitrogen and oxygen atoms in total. The Labute approximate surface area is 122 Å². The molecule has 0 aromatic carbocycles. The number of carbonyl (C=O) groups is 4. The van der Waals surface area contributed by atoms with E-state index in [-0.39, 0.29) is 5.92 Å². The molecule has 1 rings (SSSR count). The smallest absolute Gasteiger partial charge is 0.419 e. The van der Waals surface area contributed by atoms with Crippen molar-refractivity contribution >= 4 is 24.0 Å². The van der Waals surface area contributed by atoms with E-state index < -0.39 is 42.2 Å². The van der Waals surface area contributed by atoms with Gasteiger partial charge in [0.1, 0.15) is 18.2 Å². The first-order valence-corrected chi connectivity index (χ1v) is 6.55. The van der Waals surface area contributed by atoms with E-state index in [1.54, 1.807) is 34.6 Å². The molecular weight excluding hydrogens is 280 g/mol. The lowest BCUT2D eigenvalue weighted by molar-refractivity contribution is -0.142. The molecule has 1 saturated heterocycles. The Bertz CT molecular complexity index is 480. The van der Waals surface area contributed by atoms with Crippen LogP contribution in [0, 0.1) is 5.92 Å². The van der Waals surface area contributed by atoms with Crippen molar-refractivity contribution in [3.8, 4) is 0 Å². The second-order valence-corrected chi connectivity index (χ2v) is 6.14. The summed E-state index contributed by atoms with van der Waals surface area (Å²) in [6, 6.07) is -2.01. The van der Waals surface area contributed by atoms with Crippen LogP contribution in [0.5, 0.6) is 0 Å². The average molecular weight is 300 g/mol. The number of hydrogen-bond acceptors (Lipinski definition) is 5. The van der Waals surface area contributed by atoms with Gasteiger partial charge in [0.15, 0.2) is 0 Å². The van der Waals surface area contributed by atoms with E-state index in [1.165, 1.54) is 0 Å². The number of aliphatic carboxylic acids is 1. The van der Waals surface area contributed by atoms with Gasteiger partial charge in [0.2, 0.25) is 0 Å². The lowest BCUT2D eigenvalue weighted by Crippen LogP contribution is -2.45. The van der Waals surface area contributed by atoms with E-state index in [0.29, 0.717) is 9.80 Å². The number of hydrogen-bond donors (Lipinski definition) is 1. The Balaban J connectivity index is 3.10. The third kappa shape index (κ3) is 3.71. The number of rotatable bonds is 3. The molecule has 1 atom stereocenters. The van der Waals surface area contributed by atoms with Gasteiger partial charge in [-0.15, -0.1) is 0 Å². The van der Waals surface area contributed by atoms with Crippen LogP contribution < -0.4 is 0 Å². The van der Waals surface area contributed by atoms with Gasteiger partial charge in [0, 0.05) is 0 Å². The zero-order chi connectivity index (χ0) is 16.5. The molecule has 8 heteroatoms. The van der Waals surface area contributed by atoms with Crippen molar-refractivity contribution in [1.82, 2.24) is 9.80 Å². The van der Waals surface area contributed by atoms with E-state index in [1.807, 2.05) is 0 Å². The highest BCUT2D eigenvalue weighted by Crippen LogP contribution is 2.25. The van der Waals surface area contributed by atoms with Crippen molar-refractivity contribution in [3.05, 3.63) is 0 Å². The van der Waals surface area contributed by atoms with E-state index in [2.05, 4.69) is 0 Å². The van der Waals surface area contributed by atoms with Gasteiger partial charge in [-0.2, -0.15) is 0 Å². The molecule has 1 N–H and O–H groups in total. The summed E-state index contributed by atoms with van der Waals surface area (Å²) in [5.74, 6) is -2.39. The number of ether oxygens (including phenoxy) is 1. The Morgan fingerprint density at radius 2 is 1.81 bits per heavy atom. The fourth-order valence-corrected chi connectivity index (χ4v) is 1.98.